The Bertz CT molecular complexity index is 404. The van der Waals surface area contributed by atoms with E-state index in [0.717, 1.165) is 13.4 Å². The molecule has 0 amide bonds. The van der Waals surface area contributed by atoms with Crippen molar-refractivity contribution < 1.29 is 32.7 Å². The van der Waals surface area contributed by atoms with E-state index in [1.54, 1.807) is 0 Å². The van der Waals surface area contributed by atoms with Crippen LogP contribution < -0.4 is 14.7 Å². The quantitative estimate of drug-likeness (QED) is 0.183. The smallest absolute Gasteiger partial charge is 0.0780 e. The highest BCUT2D eigenvalue weighted by atomic mass is 31.2. The molecule has 0 saturated carbocycles. The molecule has 8 heteroatoms. The minimum Gasteiger partial charge on any atom is -0.822 e. The molecule has 0 spiro atoms. The van der Waals surface area contributed by atoms with E-state index in [2.05, 4.69) is 84.2 Å². The summed E-state index contributed by atoms with van der Waals surface area (Å²) in [6, 6.07) is 0. The van der Waals surface area contributed by atoms with Crippen molar-refractivity contribution in [3.8, 4) is 0 Å². The van der Waals surface area contributed by atoms with Crippen molar-refractivity contribution in [2.45, 2.75) is 97.8 Å². The SMILES string of the molecule is CCCCCC[N+](C)(C)C.CCCCCC[N+](C)(C)C.CCCCCC[N+](C)(C)C.O=P([O-])([O-])[O-]. The summed E-state index contributed by atoms with van der Waals surface area (Å²) in [5.41, 5.74) is 0. The molecule has 0 aliphatic carbocycles. The van der Waals surface area contributed by atoms with Crippen molar-refractivity contribution >= 4 is 7.82 Å². The molecule has 0 bridgehead atoms. The predicted molar refractivity (Wildman–Crippen MR) is 149 cm³/mol. The third-order valence-electron chi connectivity index (χ3n) is 5.05. The molecular weight excluding hydrogens is 461 g/mol. The summed E-state index contributed by atoms with van der Waals surface area (Å²) >= 11 is 0. The van der Waals surface area contributed by atoms with E-state index in [9.17, 15) is 0 Å². The summed E-state index contributed by atoms with van der Waals surface area (Å²) in [6.07, 6.45) is 16.6. The van der Waals surface area contributed by atoms with Crippen LogP contribution in [0.25, 0.3) is 0 Å². The molecule has 0 radical (unpaired) electrons. The average Bonchev–Trinajstić information content (AvgIpc) is 2.64. The zero-order valence-corrected chi connectivity index (χ0v) is 26.9. The highest BCUT2D eigenvalue weighted by molar-refractivity contribution is 7.40. The first-order valence-corrected chi connectivity index (χ1v) is 15.3. The monoisotopic (exact) mass is 527 g/mol. The molecule has 0 aromatic rings. The van der Waals surface area contributed by atoms with E-state index in [1.165, 1.54) is 96.7 Å². The number of nitrogens with zero attached hydrogens (tertiary/aromatic N) is 3. The second kappa shape index (κ2) is 24.3. The fourth-order valence-corrected chi connectivity index (χ4v) is 3.04. The second-order valence-electron chi connectivity index (χ2n) is 12.7. The Hall–Kier alpha value is -0.0100. The van der Waals surface area contributed by atoms with Crippen molar-refractivity contribution in [3.05, 3.63) is 0 Å². The Morgan fingerprint density at radius 3 is 0.714 bits per heavy atom. The van der Waals surface area contributed by atoms with Crippen molar-refractivity contribution in [1.82, 2.24) is 0 Å². The number of phosphoric acid groups is 1. The Morgan fingerprint density at radius 2 is 0.600 bits per heavy atom. The lowest BCUT2D eigenvalue weighted by Crippen LogP contribution is -2.35. The highest BCUT2D eigenvalue weighted by Crippen LogP contribution is 2.04. The summed E-state index contributed by atoms with van der Waals surface area (Å²) in [5.74, 6) is 0. The van der Waals surface area contributed by atoms with Gasteiger partial charge >= 0.3 is 0 Å². The summed E-state index contributed by atoms with van der Waals surface area (Å²) in [6.45, 7) is 10.7. The van der Waals surface area contributed by atoms with Gasteiger partial charge in [0.2, 0.25) is 0 Å². The Labute approximate surface area is 221 Å². The minimum atomic E-state index is -5.39. The molecule has 0 unspecified atom stereocenters. The first kappa shape index (κ1) is 42.1. The molecule has 0 aliphatic rings. The third kappa shape index (κ3) is 79.0. The van der Waals surface area contributed by atoms with Crippen LogP contribution >= 0.6 is 7.82 Å². The molecule has 0 heterocycles. The highest BCUT2D eigenvalue weighted by Gasteiger charge is 2.05. The van der Waals surface area contributed by atoms with Gasteiger partial charge in [-0.2, -0.15) is 7.82 Å². The van der Waals surface area contributed by atoms with Gasteiger partial charge in [-0.05, 0) is 38.5 Å². The minimum absolute atomic E-state index is 1.11. The maximum atomic E-state index is 8.55. The fourth-order valence-electron chi connectivity index (χ4n) is 3.04. The number of rotatable bonds is 15. The molecule has 0 aliphatic heterocycles. The predicted octanol–water partition coefficient (Wildman–Crippen LogP) is 3.99. The third-order valence-corrected chi connectivity index (χ3v) is 5.05. The first-order valence-electron chi connectivity index (χ1n) is 13.8. The van der Waals surface area contributed by atoms with Crippen LogP contribution in [0, 0.1) is 0 Å². The van der Waals surface area contributed by atoms with Crippen LogP contribution in [0.5, 0.6) is 0 Å². The van der Waals surface area contributed by atoms with Crippen LogP contribution in [0.15, 0.2) is 0 Å². The first-order chi connectivity index (χ1) is 15.7. The van der Waals surface area contributed by atoms with Gasteiger partial charge in [-0.25, -0.2) is 0 Å². The van der Waals surface area contributed by atoms with E-state index in [4.69, 9.17) is 19.2 Å². The van der Waals surface area contributed by atoms with E-state index in [1.807, 2.05) is 0 Å². The van der Waals surface area contributed by atoms with Crippen molar-refractivity contribution in [3.63, 3.8) is 0 Å². The molecule has 0 rings (SSSR count). The largest absolute Gasteiger partial charge is 0.822 e. The lowest BCUT2D eigenvalue weighted by atomic mass is 10.2. The van der Waals surface area contributed by atoms with Gasteiger partial charge < -0.3 is 32.7 Å². The van der Waals surface area contributed by atoms with E-state index in [0.29, 0.717) is 0 Å². The lowest BCUT2D eigenvalue weighted by molar-refractivity contribution is -0.870. The number of hydrogen-bond acceptors (Lipinski definition) is 4. The van der Waals surface area contributed by atoms with Gasteiger partial charge in [-0.3, -0.25) is 0 Å². The number of unbranched alkanes of at least 4 members (excludes halogenated alkanes) is 9. The molecule has 0 aromatic carbocycles. The second-order valence-corrected chi connectivity index (χ2v) is 13.6. The normalized spacial score (nSPS) is 12.0. The molecule has 218 valence electrons. The molecule has 0 N–H and O–H groups in total. The molecule has 0 aromatic heterocycles. The standard InChI is InChI=1S/3C9H22N.H3O4P/c3*1-5-6-7-8-9-10(2,3)4;1-5(2,3)4/h3*5-9H2,1-4H3;(H3,1,2,3,4)/q3*+1;/p-3. The lowest BCUT2D eigenvalue weighted by Gasteiger charge is -2.36. The topological polar surface area (TPSA) is 86.2 Å². The number of quaternary nitrogens is 3. The van der Waals surface area contributed by atoms with Gasteiger partial charge in [0.05, 0.1) is 83.1 Å². The van der Waals surface area contributed by atoms with Crippen LogP contribution in [0.1, 0.15) is 97.8 Å². The van der Waals surface area contributed by atoms with E-state index < -0.39 is 7.82 Å². The molecular formula is C27H66N3O4P. The van der Waals surface area contributed by atoms with Crippen LogP contribution in [-0.4, -0.2) is 96.5 Å². The van der Waals surface area contributed by atoms with Crippen molar-refractivity contribution in [1.29, 1.82) is 0 Å². The summed E-state index contributed by atoms with van der Waals surface area (Å²) in [7, 11) is 14.9. The van der Waals surface area contributed by atoms with Gasteiger partial charge in [0.15, 0.2) is 0 Å². The van der Waals surface area contributed by atoms with Crippen LogP contribution in [-0.2, 0) is 4.57 Å². The average molecular weight is 528 g/mol. The maximum absolute atomic E-state index is 8.55. The Morgan fingerprint density at radius 1 is 0.429 bits per heavy atom. The Balaban J connectivity index is -0.000000188. The van der Waals surface area contributed by atoms with Gasteiger partial charge in [-0.1, -0.05) is 59.3 Å². The summed E-state index contributed by atoms with van der Waals surface area (Å²) < 4.78 is 11.9. The molecule has 0 saturated heterocycles. The van der Waals surface area contributed by atoms with Crippen molar-refractivity contribution in [2.75, 3.05) is 83.1 Å². The zero-order valence-electron chi connectivity index (χ0n) is 26.0. The molecule has 7 nitrogen and oxygen atoms in total. The van der Waals surface area contributed by atoms with Crippen LogP contribution in [0.2, 0.25) is 0 Å². The molecule has 35 heavy (non-hydrogen) atoms. The van der Waals surface area contributed by atoms with Gasteiger partial charge in [-0.15, -0.1) is 0 Å². The van der Waals surface area contributed by atoms with E-state index in [-0.39, 0.29) is 0 Å². The maximum Gasteiger partial charge on any atom is 0.0780 e. The zero-order chi connectivity index (χ0) is 28.6. The number of hydrogen-bond donors (Lipinski definition) is 0. The van der Waals surface area contributed by atoms with Gasteiger partial charge in [0, 0.05) is 0 Å². The fraction of sp³-hybridized carbons (Fsp3) is 1.00. The summed E-state index contributed by atoms with van der Waals surface area (Å²) in [4.78, 5) is 25.6. The Kier molecular flexibility index (Phi) is 29.3. The summed E-state index contributed by atoms with van der Waals surface area (Å²) in [5, 5.41) is 0. The van der Waals surface area contributed by atoms with E-state index >= 15 is 0 Å². The van der Waals surface area contributed by atoms with Gasteiger partial charge in [0.25, 0.3) is 0 Å². The van der Waals surface area contributed by atoms with Crippen molar-refractivity contribution in [2.24, 2.45) is 0 Å². The van der Waals surface area contributed by atoms with Gasteiger partial charge in [0.1, 0.15) is 0 Å². The molecule has 0 fully saturated rings. The van der Waals surface area contributed by atoms with Crippen LogP contribution in [0.4, 0.5) is 0 Å². The van der Waals surface area contributed by atoms with Crippen LogP contribution in [0.3, 0.4) is 0 Å². The molecule has 0 atom stereocenters.